The van der Waals surface area contributed by atoms with E-state index in [1.165, 1.54) is 18.0 Å². The van der Waals surface area contributed by atoms with E-state index in [0.717, 1.165) is 18.7 Å². The fraction of sp³-hybridized carbons (Fsp3) is 0.375. The zero-order valence-corrected chi connectivity index (χ0v) is 8.08. The third-order valence-corrected chi connectivity index (χ3v) is 3.04. The number of thioether (sulfide) groups is 1. The molecule has 1 N–H and O–H groups in total. The van der Waals surface area contributed by atoms with Gasteiger partial charge >= 0.3 is 5.97 Å². The van der Waals surface area contributed by atoms with Gasteiger partial charge in [0.1, 0.15) is 5.56 Å². The number of carboxylic acid groups (broad SMARTS) is 1. The average Bonchev–Trinajstić information content (AvgIpc) is 2.16. The van der Waals surface area contributed by atoms with Crippen LogP contribution in [-0.4, -0.2) is 26.4 Å². The standard InChI is InChI=1S/C8H8N2O3S/c11-6-5(7(12)13)4-10-2-1-3-14-8(10)9-6/h4H,1-3H2,(H,12,13). The first kappa shape index (κ1) is 9.26. The Morgan fingerprint density at radius 2 is 2.43 bits per heavy atom. The van der Waals surface area contributed by atoms with E-state index in [2.05, 4.69) is 4.98 Å². The lowest BCUT2D eigenvalue weighted by atomic mass is 10.3. The highest BCUT2D eigenvalue weighted by Crippen LogP contribution is 2.20. The van der Waals surface area contributed by atoms with E-state index < -0.39 is 11.5 Å². The molecule has 0 bridgehead atoms. The summed E-state index contributed by atoms with van der Waals surface area (Å²) in [6.07, 6.45) is 2.35. The maximum absolute atomic E-state index is 11.2. The summed E-state index contributed by atoms with van der Waals surface area (Å²) in [6.45, 7) is 0.732. The van der Waals surface area contributed by atoms with Crippen LogP contribution in [0, 0.1) is 0 Å². The molecule has 0 unspecified atom stereocenters. The topological polar surface area (TPSA) is 72.2 Å². The molecule has 5 nitrogen and oxygen atoms in total. The van der Waals surface area contributed by atoms with E-state index >= 15 is 0 Å². The number of aromatic carboxylic acids is 1. The summed E-state index contributed by atoms with van der Waals surface area (Å²) >= 11 is 1.48. The van der Waals surface area contributed by atoms with Gasteiger partial charge in [0.05, 0.1) is 0 Å². The fourth-order valence-electron chi connectivity index (χ4n) is 1.30. The van der Waals surface area contributed by atoms with Gasteiger partial charge in [0.25, 0.3) is 5.56 Å². The van der Waals surface area contributed by atoms with Crippen molar-refractivity contribution in [2.24, 2.45) is 0 Å². The number of carboxylic acids is 1. The summed E-state index contributed by atoms with van der Waals surface area (Å²) in [5.41, 5.74) is -0.908. The number of carbonyl (C=O) groups is 1. The predicted octanol–water partition coefficient (Wildman–Crippen LogP) is 0.437. The van der Waals surface area contributed by atoms with E-state index in [9.17, 15) is 9.59 Å². The molecule has 0 saturated carbocycles. The molecule has 2 heterocycles. The lowest BCUT2D eigenvalue weighted by molar-refractivity contribution is 0.0693. The maximum Gasteiger partial charge on any atom is 0.342 e. The second kappa shape index (κ2) is 3.45. The van der Waals surface area contributed by atoms with Crippen LogP contribution in [-0.2, 0) is 6.54 Å². The Labute approximate surface area is 83.8 Å². The van der Waals surface area contributed by atoms with Gasteiger partial charge in [0, 0.05) is 18.5 Å². The summed E-state index contributed by atoms with van der Waals surface area (Å²) < 4.78 is 1.72. The second-order valence-corrected chi connectivity index (χ2v) is 4.00. The van der Waals surface area contributed by atoms with Gasteiger partial charge in [0.2, 0.25) is 0 Å². The Morgan fingerprint density at radius 3 is 3.14 bits per heavy atom. The first-order valence-corrected chi connectivity index (χ1v) is 5.14. The van der Waals surface area contributed by atoms with E-state index in [0.29, 0.717) is 5.16 Å². The molecular weight excluding hydrogens is 204 g/mol. The zero-order valence-electron chi connectivity index (χ0n) is 7.27. The quantitative estimate of drug-likeness (QED) is 0.684. The van der Waals surface area contributed by atoms with Gasteiger partial charge in [-0.1, -0.05) is 11.8 Å². The van der Waals surface area contributed by atoms with Crippen LogP contribution >= 0.6 is 11.8 Å². The summed E-state index contributed by atoms with van der Waals surface area (Å²) in [7, 11) is 0. The largest absolute Gasteiger partial charge is 0.477 e. The van der Waals surface area contributed by atoms with Crippen LogP contribution in [0.3, 0.4) is 0 Å². The smallest absolute Gasteiger partial charge is 0.342 e. The molecule has 0 aromatic carbocycles. The molecule has 0 aliphatic carbocycles. The first-order chi connectivity index (χ1) is 6.68. The SMILES string of the molecule is O=C(O)c1cn2c(nc1=O)SCCC2. The minimum absolute atomic E-state index is 0.253. The van der Waals surface area contributed by atoms with Crippen molar-refractivity contribution >= 4 is 17.7 Å². The minimum Gasteiger partial charge on any atom is -0.477 e. The number of aryl methyl sites for hydroxylation is 1. The number of hydrogen-bond acceptors (Lipinski definition) is 4. The van der Waals surface area contributed by atoms with Crippen LogP contribution in [0.25, 0.3) is 0 Å². The van der Waals surface area contributed by atoms with E-state index in [1.807, 2.05) is 0 Å². The summed E-state index contributed by atoms with van der Waals surface area (Å²) in [6, 6.07) is 0. The maximum atomic E-state index is 11.2. The molecule has 0 radical (unpaired) electrons. The monoisotopic (exact) mass is 212 g/mol. The second-order valence-electron chi connectivity index (χ2n) is 2.94. The van der Waals surface area contributed by atoms with Gasteiger partial charge in [0.15, 0.2) is 5.16 Å². The highest BCUT2D eigenvalue weighted by Gasteiger charge is 2.16. The van der Waals surface area contributed by atoms with Crippen LogP contribution < -0.4 is 5.56 Å². The van der Waals surface area contributed by atoms with Crippen molar-refractivity contribution in [1.82, 2.24) is 9.55 Å². The molecule has 0 atom stereocenters. The molecule has 0 amide bonds. The van der Waals surface area contributed by atoms with Crippen LogP contribution in [0.4, 0.5) is 0 Å². The number of nitrogens with zero attached hydrogens (tertiary/aromatic N) is 2. The van der Waals surface area contributed by atoms with E-state index in [1.54, 1.807) is 4.57 Å². The van der Waals surface area contributed by atoms with E-state index in [4.69, 9.17) is 5.11 Å². The molecular formula is C8H8N2O3S. The van der Waals surface area contributed by atoms with Gasteiger partial charge in [-0.05, 0) is 6.42 Å². The summed E-state index contributed by atoms with van der Waals surface area (Å²) in [5, 5.41) is 9.32. The molecule has 1 aromatic heterocycles. The molecule has 0 fully saturated rings. The van der Waals surface area contributed by atoms with Gasteiger partial charge in [-0.3, -0.25) is 4.79 Å². The van der Waals surface area contributed by atoms with Gasteiger partial charge in [-0.15, -0.1) is 0 Å². The first-order valence-electron chi connectivity index (χ1n) is 4.16. The minimum atomic E-state index is -1.21. The molecule has 14 heavy (non-hydrogen) atoms. The Balaban J connectivity index is 2.56. The predicted molar refractivity (Wildman–Crippen MR) is 50.8 cm³/mol. The highest BCUT2D eigenvalue weighted by atomic mass is 32.2. The molecule has 1 aliphatic heterocycles. The number of fused-ring (bicyclic) bond motifs is 1. The van der Waals surface area contributed by atoms with Crippen molar-refractivity contribution in [2.75, 3.05) is 5.75 Å². The molecule has 0 spiro atoms. The zero-order chi connectivity index (χ0) is 10.1. The molecule has 1 aliphatic rings. The Bertz CT molecular complexity index is 441. The Kier molecular flexibility index (Phi) is 2.28. The van der Waals surface area contributed by atoms with Crippen LogP contribution in [0.5, 0.6) is 0 Å². The molecule has 0 saturated heterocycles. The normalized spacial score (nSPS) is 14.9. The Hall–Kier alpha value is -1.30. The van der Waals surface area contributed by atoms with Crippen molar-refractivity contribution in [1.29, 1.82) is 0 Å². The van der Waals surface area contributed by atoms with Crippen molar-refractivity contribution in [3.63, 3.8) is 0 Å². The Morgan fingerprint density at radius 1 is 1.64 bits per heavy atom. The number of hydrogen-bond donors (Lipinski definition) is 1. The van der Waals surface area contributed by atoms with E-state index in [-0.39, 0.29) is 5.56 Å². The van der Waals surface area contributed by atoms with Crippen molar-refractivity contribution in [2.45, 2.75) is 18.1 Å². The third kappa shape index (κ3) is 1.52. The van der Waals surface area contributed by atoms with Crippen LogP contribution in [0.1, 0.15) is 16.8 Å². The van der Waals surface area contributed by atoms with Gasteiger partial charge < -0.3 is 9.67 Å². The van der Waals surface area contributed by atoms with Gasteiger partial charge in [-0.2, -0.15) is 4.98 Å². The van der Waals surface area contributed by atoms with Crippen LogP contribution in [0.2, 0.25) is 0 Å². The van der Waals surface area contributed by atoms with Crippen LogP contribution in [0.15, 0.2) is 16.1 Å². The lowest BCUT2D eigenvalue weighted by Crippen LogP contribution is -2.24. The summed E-state index contributed by atoms with van der Waals surface area (Å²) in [4.78, 5) is 25.6. The number of rotatable bonds is 1. The molecule has 2 rings (SSSR count). The van der Waals surface area contributed by atoms with Crippen molar-refractivity contribution < 1.29 is 9.90 Å². The summed E-state index contributed by atoms with van der Waals surface area (Å²) in [5.74, 6) is -0.285. The molecule has 74 valence electrons. The average molecular weight is 212 g/mol. The van der Waals surface area contributed by atoms with Gasteiger partial charge in [-0.25, -0.2) is 4.79 Å². The molecule has 1 aromatic rings. The molecule has 6 heteroatoms. The van der Waals surface area contributed by atoms with Crippen molar-refractivity contribution in [3.05, 3.63) is 22.1 Å². The number of aromatic nitrogens is 2. The lowest BCUT2D eigenvalue weighted by Gasteiger charge is -2.16. The highest BCUT2D eigenvalue weighted by molar-refractivity contribution is 7.99. The fourth-order valence-corrected chi connectivity index (χ4v) is 2.21. The third-order valence-electron chi connectivity index (χ3n) is 1.96. The van der Waals surface area contributed by atoms with Crippen molar-refractivity contribution in [3.8, 4) is 0 Å².